The zero-order valence-electron chi connectivity index (χ0n) is 11.3. The van der Waals surface area contributed by atoms with E-state index in [1.54, 1.807) is 0 Å². The molecule has 0 aromatic heterocycles. The monoisotopic (exact) mass is 288 g/mol. The van der Waals surface area contributed by atoms with Crippen LogP contribution in [0.1, 0.15) is 21.5 Å². The Morgan fingerprint density at radius 3 is 2.67 bits per heavy atom. The first-order valence-corrected chi connectivity index (χ1v) is 6.25. The highest BCUT2D eigenvalue weighted by Crippen LogP contribution is 2.18. The van der Waals surface area contributed by atoms with Crippen molar-refractivity contribution in [3.8, 4) is 0 Å². The maximum Gasteiger partial charge on any atom is 0.304 e. The first kappa shape index (κ1) is 14.6. The molecular formula is C15H13FN2O3. The van der Waals surface area contributed by atoms with Crippen molar-refractivity contribution < 1.29 is 14.1 Å². The fourth-order valence-electron chi connectivity index (χ4n) is 1.90. The van der Waals surface area contributed by atoms with Crippen LogP contribution in [0.4, 0.5) is 10.1 Å². The third-order valence-electron chi connectivity index (χ3n) is 2.94. The van der Waals surface area contributed by atoms with Crippen LogP contribution in [0, 0.1) is 22.9 Å². The third-order valence-corrected chi connectivity index (χ3v) is 2.94. The molecule has 0 bridgehead atoms. The van der Waals surface area contributed by atoms with E-state index in [4.69, 9.17) is 0 Å². The number of carbonyl (C=O) groups is 1. The smallest absolute Gasteiger partial charge is 0.304 e. The molecule has 0 unspecified atom stereocenters. The fraction of sp³-hybridized carbons (Fsp3) is 0.133. The second kappa shape index (κ2) is 6.13. The van der Waals surface area contributed by atoms with Gasteiger partial charge in [-0.3, -0.25) is 14.9 Å². The molecule has 0 aliphatic carbocycles. The molecule has 21 heavy (non-hydrogen) atoms. The summed E-state index contributed by atoms with van der Waals surface area (Å²) in [4.78, 5) is 21.6. The highest BCUT2D eigenvalue weighted by Gasteiger charge is 2.16. The number of nitrogens with one attached hydrogen (secondary N) is 1. The van der Waals surface area contributed by atoms with Crippen molar-refractivity contribution in [3.05, 3.63) is 75.1 Å². The number of hydrogen-bond donors (Lipinski definition) is 1. The zero-order chi connectivity index (χ0) is 15.4. The largest absolute Gasteiger partial charge is 0.348 e. The minimum absolute atomic E-state index is 0.0470. The maximum atomic E-state index is 13.5. The predicted octanol–water partition coefficient (Wildman–Crippen LogP) is 2.97. The van der Waals surface area contributed by atoms with Gasteiger partial charge in [0.15, 0.2) is 0 Å². The van der Waals surface area contributed by atoms with Gasteiger partial charge in [0.1, 0.15) is 0 Å². The van der Waals surface area contributed by atoms with E-state index in [2.05, 4.69) is 5.32 Å². The fourth-order valence-corrected chi connectivity index (χ4v) is 1.90. The Bertz CT molecular complexity index is 701. The first-order chi connectivity index (χ1) is 9.97. The van der Waals surface area contributed by atoms with Crippen molar-refractivity contribution in [2.75, 3.05) is 0 Å². The van der Waals surface area contributed by atoms with Crippen LogP contribution >= 0.6 is 0 Å². The van der Waals surface area contributed by atoms with E-state index >= 15 is 0 Å². The molecule has 2 aromatic rings. The van der Waals surface area contributed by atoms with E-state index in [1.165, 1.54) is 6.07 Å². The lowest BCUT2D eigenvalue weighted by atomic mass is 10.1. The van der Waals surface area contributed by atoms with Crippen LogP contribution in [-0.4, -0.2) is 10.8 Å². The maximum absolute atomic E-state index is 13.5. The van der Waals surface area contributed by atoms with Crippen molar-refractivity contribution in [3.63, 3.8) is 0 Å². The van der Waals surface area contributed by atoms with Crippen molar-refractivity contribution >= 4 is 11.6 Å². The number of hydrogen-bond acceptors (Lipinski definition) is 3. The van der Waals surface area contributed by atoms with Gasteiger partial charge in [0.25, 0.3) is 5.91 Å². The lowest BCUT2D eigenvalue weighted by Gasteiger charge is -2.06. The summed E-state index contributed by atoms with van der Waals surface area (Å²) in [5.41, 5.74) is 1.39. The van der Waals surface area contributed by atoms with Gasteiger partial charge in [0.05, 0.1) is 4.92 Å². The molecule has 1 N–H and O–H groups in total. The van der Waals surface area contributed by atoms with Gasteiger partial charge >= 0.3 is 5.69 Å². The Kier molecular flexibility index (Phi) is 4.27. The van der Waals surface area contributed by atoms with Gasteiger partial charge in [-0.1, -0.05) is 29.8 Å². The van der Waals surface area contributed by atoms with Gasteiger partial charge in [-0.2, -0.15) is 4.39 Å². The molecule has 0 spiro atoms. The molecule has 108 valence electrons. The average molecular weight is 288 g/mol. The topological polar surface area (TPSA) is 72.2 Å². The molecule has 0 aliphatic heterocycles. The van der Waals surface area contributed by atoms with E-state index in [0.717, 1.165) is 23.3 Å². The Hall–Kier alpha value is -2.76. The quantitative estimate of drug-likeness (QED) is 0.694. The molecule has 1 amide bonds. The van der Waals surface area contributed by atoms with E-state index < -0.39 is 22.3 Å². The van der Waals surface area contributed by atoms with Crippen LogP contribution in [0.2, 0.25) is 0 Å². The lowest BCUT2D eigenvalue weighted by Crippen LogP contribution is -2.23. The second-order valence-electron chi connectivity index (χ2n) is 4.60. The summed E-state index contributed by atoms with van der Waals surface area (Å²) < 4.78 is 13.5. The summed E-state index contributed by atoms with van der Waals surface area (Å²) in [7, 11) is 0. The van der Waals surface area contributed by atoms with Crippen LogP contribution in [0.5, 0.6) is 0 Å². The van der Waals surface area contributed by atoms with Crippen LogP contribution in [-0.2, 0) is 6.54 Å². The summed E-state index contributed by atoms with van der Waals surface area (Å²) in [5.74, 6) is -1.51. The minimum atomic E-state index is -1.02. The number of carbonyl (C=O) groups excluding carboxylic acids is 1. The van der Waals surface area contributed by atoms with E-state index in [0.29, 0.717) is 6.54 Å². The standard InChI is InChI=1S/C15H13FN2O3/c1-10-3-2-4-11(7-10)9-17-15(19)12-5-6-14(18(20)21)13(16)8-12/h2-8H,9H2,1H3,(H,17,19). The molecule has 0 saturated heterocycles. The molecule has 0 radical (unpaired) electrons. The van der Waals surface area contributed by atoms with Crippen molar-refractivity contribution in [2.45, 2.75) is 13.5 Å². The molecular weight excluding hydrogens is 275 g/mol. The van der Waals surface area contributed by atoms with Crippen LogP contribution in [0.25, 0.3) is 0 Å². The minimum Gasteiger partial charge on any atom is -0.348 e. The number of nitrogens with zero attached hydrogens (tertiary/aromatic N) is 1. The number of amides is 1. The predicted molar refractivity (Wildman–Crippen MR) is 75.4 cm³/mol. The van der Waals surface area contributed by atoms with Crippen LogP contribution in [0.3, 0.4) is 0 Å². The second-order valence-corrected chi connectivity index (χ2v) is 4.60. The number of nitro groups is 1. The molecule has 5 nitrogen and oxygen atoms in total. The molecule has 0 atom stereocenters. The van der Waals surface area contributed by atoms with Gasteiger partial charge < -0.3 is 5.32 Å². The Balaban J connectivity index is 2.07. The molecule has 2 aromatic carbocycles. The average Bonchev–Trinajstić information content (AvgIpc) is 2.44. The molecule has 0 saturated carbocycles. The summed E-state index contributed by atoms with van der Waals surface area (Å²) in [6, 6.07) is 10.7. The van der Waals surface area contributed by atoms with E-state index in [-0.39, 0.29) is 5.56 Å². The van der Waals surface area contributed by atoms with E-state index in [1.807, 2.05) is 31.2 Å². The van der Waals surface area contributed by atoms with Crippen molar-refractivity contribution in [1.82, 2.24) is 5.32 Å². The Morgan fingerprint density at radius 2 is 2.05 bits per heavy atom. The van der Waals surface area contributed by atoms with Gasteiger partial charge in [-0.15, -0.1) is 0 Å². The highest BCUT2D eigenvalue weighted by atomic mass is 19.1. The number of rotatable bonds is 4. The summed E-state index contributed by atoms with van der Waals surface area (Å²) in [6.45, 7) is 2.25. The Morgan fingerprint density at radius 1 is 1.29 bits per heavy atom. The van der Waals surface area contributed by atoms with Gasteiger partial charge in [-0.25, -0.2) is 0 Å². The zero-order valence-corrected chi connectivity index (χ0v) is 11.3. The summed E-state index contributed by atoms with van der Waals surface area (Å²) >= 11 is 0. The van der Waals surface area contributed by atoms with E-state index in [9.17, 15) is 19.3 Å². The normalized spacial score (nSPS) is 10.2. The van der Waals surface area contributed by atoms with Gasteiger partial charge in [0.2, 0.25) is 5.82 Å². The first-order valence-electron chi connectivity index (χ1n) is 6.25. The molecule has 0 fully saturated rings. The molecule has 0 aliphatic rings. The summed E-state index contributed by atoms with van der Waals surface area (Å²) in [5, 5.41) is 13.2. The molecule has 0 heterocycles. The molecule has 6 heteroatoms. The number of benzene rings is 2. The Labute approximate surface area is 120 Å². The van der Waals surface area contributed by atoms with Gasteiger partial charge in [-0.05, 0) is 24.6 Å². The number of nitro benzene ring substituents is 1. The van der Waals surface area contributed by atoms with Crippen LogP contribution in [0.15, 0.2) is 42.5 Å². The number of aryl methyl sites for hydroxylation is 1. The molecule has 2 rings (SSSR count). The van der Waals surface area contributed by atoms with Crippen molar-refractivity contribution in [2.24, 2.45) is 0 Å². The highest BCUT2D eigenvalue weighted by molar-refractivity contribution is 5.94. The van der Waals surface area contributed by atoms with Gasteiger partial charge in [0, 0.05) is 18.2 Å². The lowest BCUT2D eigenvalue weighted by molar-refractivity contribution is -0.387. The summed E-state index contributed by atoms with van der Waals surface area (Å²) in [6.07, 6.45) is 0. The SMILES string of the molecule is Cc1cccc(CNC(=O)c2ccc([N+](=O)[O-])c(F)c2)c1. The van der Waals surface area contributed by atoms with Crippen LogP contribution < -0.4 is 5.32 Å². The third kappa shape index (κ3) is 3.62. The number of halogens is 1. The van der Waals surface area contributed by atoms with Crippen molar-refractivity contribution in [1.29, 1.82) is 0 Å².